The van der Waals surface area contributed by atoms with Gasteiger partial charge in [0.1, 0.15) is 6.61 Å². The molecule has 0 heterocycles. The van der Waals surface area contributed by atoms with Gasteiger partial charge in [0.2, 0.25) is 0 Å². The van der Waals surface area contributed by atoms with Gasteiger partial charge in [-0.25, -0.2) is 4.89 Å². The van der Waals surface area contributed by atoms with E-state index in [0.717, 1.165) is 18.4 Å². The van der Waals surface area contributed by atoms with E-state index in [1.165, 1.54) is 12.8 Å². The summed E-state index contributed by atoms with van der Waals surface area (Å²) in [7, 11) is 0. The highest BCUT2D eigenvalue weighted by Crippen LogP contribution is 1.98. The second kappa shape index (κ2) is 13.3. The third-order valence-electron chi connectivity index (χ3n) is 1.61. The van der Waals surface area contributed by atoms with E-state index in [1.54, 1.807) is 0 Å². The first-order valence-corrected chi connectivity index (χ1v) is 6.01. The highest BCUT2D eigenvalue weighted by Gasteiger charge is 1.91. The lowest BCUT2D eigenvalue weighted by atomic mass is 10.3. The van der Waals surface area contributed by atoms with Crippen LogP contribution in [0.4, 0.5) is 0 Å². The van der Waals surface area contributed by atoms with Crippen LogP contribution < -0.4 is 0 Å². The number of ether oxygens (including phenoxy) is 2. The minimum Gasteiger partial charge on any atom is -0.379 e. The molecule has 0 aliphatic carbocycles. The van der Waals surface area contributed by atoms with E-state index < -0.39 is 0 Å². The van der Waals surface area contributed by atoms with Crippen LogP contribution in [0.5, 0.6) is 0 Å². The zero-order valence-corrected chi connectivity index (χ0v) is 10.00. The van der Waals surface area contributed by atoms with E-state index in [1.807, 2.05) is 0 Å². The highest BCUT2D eigenvalue weighted by molar-refractivity contribution is 9.09. The van der Waals surface area contributed by atoms with Crippen LogP contribution in [0.25, 0.3) is 0 Å². The highest BCUT2D eigenvalue weighted by atomic mass is 79.9. The number of alkyl halides is 1. The Bertz CT molecular complexity index is 90.8. The minimum atomic E-state index is 0.214. The Hall–Kier alpha value is 0.320. The van der Waals surface area contributed by atoms with Crippen LogP contribution in [0.15, 0.2) is 0 Å². The van der Waals surface area contributed by atoms with E-state index >= 15 is 0 Å². The molecule has 0 saturated heterocycles. The van der Waals surface area contributed by atoms with Gasteiger partial charge in [0, 0.05) is 11.9 Å². The van der Waals surface area contributed by atoms with Gasteiger partial charge in [0.15, 0.2) is 0 Å². The average Bonchev–Trinajstić information content (AvgIpc) is 2.21. The molecule has 0 aromatic rings. The molecule has 1 N–H and O–H groups in total. The summed E-state index contributed by atoms with van der Waals surface area (Å²) in [6, 6.07) is 0. The molecule has 0 fully saturated rings. The zero-order chi connectivity index (χ0) is 10.5. The van der Waals surface area contributed by atoms with Crippen LogP contribution in [0, 0.1) is 0 Å². The fourth-order valence-electron chi connectivity index (χ4n) is 0.894. The monoisotopic (exact) mass is 270 g/mol. The molecule has 0 aromatic carbocycles. The molecule has 0 aliphatic rings. The maximum Gasteiger partial charge on any atom is 0.105 e. The van der Waals surface area contributed by atoms with Gasteiger partial charge < -0.3 is 9.47 Å². The number of hydrogen-bond acceptors (Lipinski definition) is 4. The smallest absolute Gasteiger partial charge is 0.105 e. The quantitative estimate of drug-likeness (QED) is 0.270. The predicted octanol–water partition coefficient (Wildman–Crippen LogP) is 2.07. The largest absolute Gasteiger partial charge is 0.379 e. The molecular formula is C9H19BrO4. The zero-order valence-electron chi connectivity index (χ0n) is 8.41. The minimum absolute atomic E-state index is 0.214. The van der Waals surface area contributed by atoms with Gasteiger partial charge in [0.25, 0.3) is 0 Å². The van der Waals surface area contributed by atoms with Gasteiger partial charge in [-0.3, -0.25) is 5.26 Å². The Balaban J connectivity index is 2.78. The lowest BCUT2D eigenvalue weighted by molar-refractivity contribution is -0.249. The second-order valence-corrected chi connectivity index (χ2v) is 3.60. The normalized spacial score (nSPS) is 10.7. The van der Waals surface area contributed by atoms with Crippen LogP contribution in [0.3, 0.4) is 0 Å². The molecular weight excluding hydrogens is 252 g/mol. The van der Waals surface area contributed by atoms with Crippen LogP contribution in [-0.4, -0.2) is 43.6 Å². The first-order valence-electron chi connectivity index (χ1n) is 4.89. The summed E-state index contributed by atoms with van der Waals surface area (Å²) in [4.78, 5) is 3.84. The Kier molecular flexibility index (Phi) is 13.6. The maximum atomic E-state index is 7.97. The summed E-state index contributed by atoms with van der Waals surface area (Å²) in [5, 5.41) is 9.04. The molecule has 4 nitrogen and oxygen atoms in total. The molecule has 0 unspecified atom stereocenters. The molecule has 0 aromatic heterocycles. The second-order valence-electron chi connectivity index (χ2n) is 2.81. The molecule has 86 valence electrons. The molecule has 0 bridgehead atoms. The van der Waals surface area contributed by atoms with Crippen molar-refractivity contribution in [3.63, 3.8) is 0 Å². The Morgan fingerprint density at radius 3 is 2.07 bits per heavy atom. The van der Waals surface area contributed by atoms with Gasteiger partial charge in [-0.15, -0.1) is 0 Å². The molecule has 5 heteroatoms. The summed E-state index contributed by atoms with van der Waals surface area (Å²) in [5.74, 6) is 0. The van der Waals surface area contributed by atoms with Crippen molar-refractivity contribution in [2.24, 2.45) is 0 Å². The number of rotatable bonds is 11. The van der Waals surface area contributed by atoms with Crippen molar-refractivity contribution in [3.8, 4) is 0 Å². The molecule has 0 saturated carbocycles. The van der Waals surface area contributed by atoms with Crippen LogP contribution >= 0.6 is 15.9 Å². The Labute approximate surface area is 93.6 Å². The van der Waals surface area contributed by atoms with Crippen LogP contribution in [0.2, 0.25) is 0 Å². The first kappa shape index (κ1) is 14.3. The third kappa shape index (κ3) is 12.3. The van der Waals surface area contributed by atoms with Crippen molar-refractivity contribution in [1.29, 1.82) is 0 Å². The lowest BCUT2D eigenvalue weighted by Crippen LogP contribution is -2.08. The van der Waals surface area contributed by atoms with Crippen molar-refractivity contribution in [2.75, 3.05) is 38.4 Å². The molecule has 0 aliphatic heterocycles. The predicted molar refractivity (Wildman–Crippen MR) is 57.9 cm³/mol. The van der Waals surface area contributed by atoms with Crippen molar-refractivity contribution in [3.05, 3.63) is 0 Å². The summed E-state index contributed by atoms with van der Waals surface area (Å²) in [6.07, 6.45) is 3.50. The fourth-order valence-corrected chi connectivity index (χ4v) is 1.29. The van der Waals surface area contributed by atoms with E-state index in [9.17, 15) is 0 Å². The molecule has 0 amide bonds. The van der Waals surface area contributed by atoms with Crippen molar-refractivity contribution in [2.45, 2.75) is 19.3 Å². The van der Waals surface area contributed by atoms with Crippen molar-refractivity contribution >= 4 is 15.9 Å². The average molecular weight is 271 g/mol. The standard InChI is InChI=1S/C9H19BrO4/c10-4-2-1-3-5-12-6-7-13-8-9-14-11/h11H,1-9H2. The van der Waals surface area contributed by atoms with Crippen molar-refractivity contribution < 1.29 is 19.6 Å². The molecule has 14 heavy (non-hydrogen) atoms. The molecule has 0 atom stereocenters. The summed E-state index contributed by atoms with van der Waals surface area (Å²) >= 11 is 3.37. The molecule has 0 spiro atoms. The summed E-state index contributed by atoms with van der Waals surface area (Å²) in [5.41, 5.74) is 0. The van der Waals surface area contributed by atoms with E-state index in [-0.39, 0.29) is 6.61 Å². The lowest BCUT2D eigenvalue weighted by Gasteiger charge is -2.04. The van der Waals surface area contributed by atoms with Crippen LogP contribution in [0.1, 0.15) is 19.3 Å². The third-order valence-corrected chi connectivity index (χ3v) is 2.17. The number of unbranched alkanes of at least 4 members (excludes halogenated alkanes) is 2. The Morgan fingerprint density at radius 1 is 0.786 bits per heavy atom. The van der Waals surface area contributed by atoms with Gasteiger partial charge in [-0.1, -0.05) is 22.4 Å². The van der Waals surface area contributed by atoms with Crippen molar-refractivity contribution in [1.82, 2.24) is 0 Å². The van der Waals surface area contributed by atoms with Gasteiger partial charge in [-0.2, -0.15) is 0 Å². The number of halogens is 1. The van der Waals surface area contributed by atoms with E-state index in [0.29, 0.717) is 19.8 Å². The summed E-state index contributed by atoms with van der Waals surface area (Å²) < 4.78 is 10.4. The van der Waals surface area contributed by atoms with E-state index in [4.69, 9.17) is 14.7 Å². The summed E-state index contributed by atoms with van der Waals surface area (Å²) in [6.45, 7) is 2.59. The van der Waals surface area contributed by atoms with Gasteiger partial charge in [0.05, 0.1) is 19.8 Å². The Morgan fingerprint density at radius 2 is 1.43 bits per heavy atom. The van der Waals surface area contributed by atoms with Gasteiger partial charge in [-0.05, 0) is 12.8 Å². The molecule has 0 radical (unpaired) electrons. The SMILES string of the molecule is OOCCOCCOCCCCCBr. The topological polar surface area (TPSA) is 47.9 Å². The maximum absolute atomic E-state index is 7.97. The molecule has 0 rings (SSSR count). The van der Waals surface area contributed by atoms with Gasteiger partial charge >= 0.3 is 0 Å². The fraction of sp³-hybridized carbons (Fsp3) is 1.00. The number of hydrogen-bond donors (Lipinski definition) is 1. The first-order chi connectivity index (χ1) is 6.91. The van der Waals surface area contributed by atoms with E-state index in [2.05, 4.69) is 20.8 Å². The van der Waals surface area contributed by atoms with Crippen LogP contribution in [-0.2, 0) is 14.4 Å².